The second-order valence-corrected chi connectivity index (χ2v) is 9.44. The maximum atomic E-state index is 14.0. The zero-order chi connectivity index (χ0) is 27.0. The Morgan fingerprint density at radius 3 is 2.47 bits per heavy atom. The molecule has 200 valence electrons. The molecule has 1 N–H and O–H groups in total. The summed E-state index contributed by atoms with van der Waals surface area (Å²) in [5.74, 6) is 1.75. The van der Waals surface area contributed by atoms with Gasteiger partial charge in [-0.1, -0.05) is 0 Å². The topological polar surface area (TPSA) is 107 Å². The van der Waals surface area contributed by atoms with Crippen LogP contribution in [0.5, 0.6) is 23.0 Å². The van der Waals surface area contributed by atoms with E-state index in [1.807, 2.05) is 38.2 Å². The summed E-state index contributed by atoms with van der Waals surface area (Å²) in [5.41, 5.74) is 1.23. The number of rotatable bonds is 8. The van der Waals surface area contributed by atoms with Crippen molar-refractivity contribution in [1.29, 1.82) is 0 Å². The number of aromatic nitrogens is 2. The van der Waals surface area contributed by atoms with E-state index in [1.54, 1.807) is 29.9 Å². The third-order valence-corrected chi connectivity index (χ3v) is 6.65. The van der Waals surface area contributed by atoms with Crippen LogP contribution in [0.25, 0.3) is 32.6 Å². The molecule has 3 heterocycles. The lowest BCUT2D eigenvalue weighted by Gasteiger charge is -2.20. The van der Waals surface area contributed by atoms with E-state index in [-0.39, 0.29) is 18.1 Å². The molecule has 4 aromatic rings. The monoisotopic (exact) mass is 521 g/mol. The molecule has 0 radical (unpaired) electrons. The van der Waals surface area contributed by atoms with Crippen molar-refractivity contribution in [3.8, 4) is 23.0 Å². The van der Waals surface area contributed by atoms with E-state index in [9.17, 15) is 9.59 Å². The van der Waals surface area contributed by atoms with Gasteiger partial charge >= 0.3 is 6.09 Å². The number of carbonyl (C=O) groups excluding carboxylic acids is 1. The summed E-state index contributed by atoms with van der Waals surface area (Å²) in [4.78, 5) is 34.9. The van der Waals surface area contributed by atoms with Gasteiger partial charge in [-0.25, -0.2) is 4.79 Å². The first kappa shape index (κ1) is 25.6. The highest BCUT2D eigenvalue weighted by Crippen LogP contribution is 2.40. The molecule has 1 aliphatic rings. The van der Waals surface area contributed by atoms with Crippen molar-refractivity contribution in [2.45, 2.75) is 6.54 Å². The van der Waals surface area contributed by atoms with Gasteiger partial charge in [-0.3, -0.25) is 9.78 Å². The standard InChI is InChI=1S/C27H31N5O6/c1-28-6-7-31(4)27(34)38-24-11-17-16(10-21(24)35-5)19-14-29-20-13-23-22(36-15-37-23)12-18(20)25(19)32(26(17)33)9-8-30(2)3/h10-14,28H,6-9,15H2,1-5H3. The number of hydrogen-bond acceptors (Lipinski definition) is 9. The van der Waals surface area contributed by atoms with Crippen LogP contribution in [-0.4, -0.2) is 87.2 Å². The summed E-state index contributed by atoms with van der Waals surface area (Å²) in [6, 6.07) is 7.01. The molecule has 2 aromatic heterocycles. The molecule has 0 saturated carbocycles. The van der Waals surface area contributed by atoms with Gasteiger partial charge in [-0.2, -0.15) is 0 Å². The molecular weight excluding hydrogens is 490 g/mol. The normalized spacial score (nSPS) is 12.6. The summed E-state index contributed by atoms with van der Waals surface area (Å²) in [7, 11) is 8.87. The molecule has 1 aliphatic heterocycles. The molecule has 0 aliphatic carbocycles. The van der Waals surface area contributed by atoms with E-state index in [0.717, 1.165) is 16.3 Å². The molecule has 0 spiro atoms. The first-order valence-electron chi connectivity index (χ1n) is 12.3. The Kier molecular flexibility index (Phi) is 6.96. The fourth-order valence-electron chi connectivity index (χ4n) is 4.56. The number of pyridine rings is 2. The third-order valence-electron chi connectivity index (χ3n) is 6.65. The Balaban J connectivity index is 1.74. The molecule has 11 nitrogen and oxygen atoms in total. The largest absolute Gasteiger partial charge is 0.493 e. The van der Waals surface area contributed by atoms with Gasteiger partial charge in [-0.05, 0) is 39.3 Å². The van der Waals surface area contributed by atoms with Crippen LogP contribution in [0.4, 0.5) is 4.79 Å². The van der Waals surface area contributed by atoms with Gasteiger partial charge in [0.05, 0.1) is 23.5 Å². The second kappa shape index (κ2) is 10.3. The summed E-state index contributed by atoms with van der Waals surface area (Å²) in [6.45, 7) is 2.31. The lowest BCUT2D eigenvalue weighted by atomic mass is 10.0. The highest BCUT2D eigenvalue weighted by molar-refractivity contribution is 6.15. The van der Waals surface area contributed by atoms with E-state index in [2.05, 4.69) is 10.3 Å². The number of likely N-dealkylation sites (N-methyl/N-ethyl adjacent to an activating group) is 3. The molecule has 0 fully saturated rings. The van der Waals surface area contributed by atoms with E-state index in [1.165, 1.54) is 12.0 Å². The van der Waals surface area contributed by atoms with Crippen molar-refractivity contribution in [3.63, 3.8) is 0 Å². The Morgan fingerprint density at radius 1 is 1.03 bits per heavy atom. The third kappa shape index (κ3) is 4.54. The van der Waals surface area contributed by atoms with Crippen molar-refractivity contribution < 1.29 is 23.7 Å². The molecule has 5 rings (SSSR count). The van der Waals surface area contributed by atoms with Crippen molar-refractivity contribution in [3.05, 3.63) is 40.8 Å². The number of methoxy groups -OCH3 is 1. The lowest BCUT2D eigenvalue weighted by Crippen LogP contribution is -2.34. The van der Waals surface area contributed by atoms with Crippen LogP contribution in [0.3, 0.4) is 0 Å². The summed E-state index contributed by atoms with van der Waals surface area (Å²) in [5, 5.41) is 5.61. The summed E-state index contributed by atoms with van der Waals surface area (Å²) in [6.07, 6.45) is 1.21. The Morgan fingerprint density at radius 2 is 1.76 bits per heavy atom. The predicted molar refractivity (Wildman–Crippen MR) is 145 cm³/mol. The van der Waals surface area contributed by atoms with E-state index >= 15 is 0 Å². The molecule has 11 heteroatoms. The number of hydrogen-bond donors (Lipinski definition) is 1. The maximum absolute atomic E-state index is 14.0. The number of fused-ring (bicyclic) bond motifs is 6. The Labute approximate surface area is 219 Å². The average molecular weight is 522 g/mol. The number of benzene rings is 2. The summed E-state index contributed by atoms with van der Waals surface area (Å²) < 4.78 is 24.1. The quantitative estimate of drug-likeness (QED) is 0.350. The minimum absolute atomic E-state index is 0.142. The van der Waals surface area contributed by atoms with Gasteiger partial charge in [0.25, 0.3) is 5.56 Å². The van der Waals surface area contributed by atoms with Crippen LogP contribution in [0.15, 0.2) is 35.3 Å². The number of amides is 1. The Hall–Kier alpha value is -4.09. The van der Waals surface area contributed by atoms with E-state index in [4.69, 9.17) is 18.9 Å². The first-order valence-corrected chi connectivity index (χ1v) is 12.3. The van der Waals surface area contributed by atoms with Gasteiger partial charge in [-0.15, -0.1) is 0 Å². The van der Waals surface area contributed by atoms with Crippen molar-refractivity contribution in [2.75, 3.05) is 61.7 Å². The van der Waals surface area contributed by atoms with E-state index in [0.29, 0.717) is 59.7 Å². The minimum Gasteiger partial charge on any atom is -0.493 e. The van der Waals surface area contributed by atoms with Crippen LogP contribution < -0.4 is 29.8 Å². The zero-order valence-corrected chi connectivity index (χ0v) is 22.2. The smallest absolute Gasteiger partial charge is 0.415 e. The number of carbonyl (C=O) groups is 1. The van der Waals surface area contributed by atoms with Gasteiger partial charge in [0, 0.05) is 61.6 Å². The summed E-state index contributed by atoms with van der Waals surface area (Å²) >= 11 is 0. The zero-order valence-electron chi connectivity index (χ0n) is 22.2. The SMILES string of the molecule is CNCCN(C)C(=O)Oc1cc2c(=O)n(CCN(C)C)c3c4cc5c(cc4ncc3c2cc1OC)OCO5. The van der Waals surface area contributed by atoms with Crippen LogP contribution in [0.1, 0.15) is 0 Å². The van der Waals surface area contributed by atoms with Crippen molar-refractivity contribution in [1.82, 2.24) is 24.7 Å². The molecule has 0 atom stereocenters. The molecule has 0 bridgehead atoms. The van der Waals surface area contributed by atoms with Gasteiger partial charge in [0.2, 0.25) is 6.79 Å². The number of nitrogens with one attached hydrogen (secondary N) is 1. The molecule has 38 heavy (non-hydrogen) atoms. The molecule has 1 amide bonds. The van der Waals surface area contributed by atoms with Gasteiger partial charge < -0.3 is 38.6 Å². The average Bonchev–Trinajstić information content (AvgIpc) is 3.37. The van der Waals surface area contributed by atoms with E-state index < -0.39 is 6.09 Å². The van der Waals surface area contributed by atoms with Crippen LogP contribution in [-0.2, 0) is 6.54 Å². The van der Waals surface area contributed by atoms with Gasteiger partial charge in [0.1, 0.15) is 0 Å². The minimum atomic E-state index is -0.546. The highest BCUT2D eigenvalue weighted by atomic mass is 16.7. The van der Waals surface area contributed by atoms with Crippen LogP contribution in [0.2, 0.25) is 0 Å². The molecule has 0 unspecified atom stereocenters. The second-order valence-electron chi connectivity index (χ2n) is 9.44. The van der Waals surface area contributed by atoms with Crippen molar-refractivity contribution >= 4 is 38.7 Å². The molecular formula is C27H31N5O6. The highest BCUT2D eigenvalue weighted by Gasteiger charge is 2.22. The van der Waals surface area contributed by atoms with Gasteiger partial charge in [0.15, 0.2) is 23.0 Å². The predicted octanol–water partition coefficient (Wildman–Crippen LogP) is 2.65. The number of nitrogens with zero attached hydrogens (tertiary/aromatic N) is 4. The van der Waals surface area contributed by atoms with Crippen LogP contribution in [0, 0.1) is 0 Å². The molecule has 2 aromatic carbocycles. The fraction of sp³-hybridized carbons (Fsp3) is 0.370. The first-order chi connectivity index (χ1) is 18.3. The lowest BCUT2D eigenvalue weighted by molar-refractivity contribution is 0.161. The van der Waals surface area contributed by atoms with Crippen molar-refractivity contribution in [2.24, 2.45) is 0 Å². The molecule has 0 saturated heterocycles. The fourth-order valence-corrected chi connectivity index (χ4v) is 4.56. The van der Waals surface area contributed by atoms with Crippen LogP contribution >= 0.6 is 0 Å². The number of ether oxygens (including phenoxy) is 4. The maximum Gasteiger partial charge on any atom is 0.415 e. The Bertz CT molecular complexity index is 1600.